The molecule has 2 amide bonds. The average molecular weight is 417 g/mol. The first-order chi connectivity index (χ1) is 12.5. The molecule has 11 heteroatoms. The van der Waals surface area contributed by atoms with E-state index in [0.29, 0.717) is 18.7 Å². The summed E-state index contributed by atoms with van der Waals surface area (Å²) in [5, 5.41) is 6.96. The van der Waals surface area contributed by atoms with Gasteiger partial charge in [-0.3, -0.25) is 4.79 Å². The van der Waals surface area contributed by atoms with E-state index in [1.807, 2.05) is 0 Å². The lowest BCUT2D eigenvalue weighted by molar-refractivity contribution is 0.0180. The minimum atomic E-state index is -0.634. The Labute approximate surface area is 167 Å². The number of carbonyl (C=O) groups excluding carboxylic acids is 2. The van der Waals surface area contributed by atoms with Crippen LogP contribution >= 0.6 is 23.2 Å². The zero-order valence-electron chi connectivity index (χ0n) is 15.5. The van der Waals surface area contributed by atoms with E-state index < -0.39 is 29.7 Å². The first-order valence-corrected chi connectivity index (χ1v) is 9.15. The van der Waals surface area contributed by atoms with Crippen molar-refractivity contribution in [3.05, 3.63) is 31.9 Å². The van der Waals surface area contributed by atoms with Gasteiger partial charge in [-0.15, -0.1) is 0 Å². The van der Waals surface area contributed by atoms with Crippen LogP contribution in [0.5, 0.6) is 0 Å². The van der Waals surface area contributed by atoms with Crippen LogP contribution in [0.1, 0.15) is 43.4 Å². The van der Waals surface area contributed by atoms with Crippen LogP contribution in [0.4, 0.5) is 4.79 Å². The summed E-state index contributed by atoms with van der Waals surface area (Å²) in [7, 11) is 0. The van der Waals surface area contributed by atoms with E-state index >= 15 is 0 Å². The minimum absolute atomic E-state index is 0.137. The van der Waals surface area contributed by atoms with Gasteiger partial charge >= 0.3 is 6.09 Å². The molecule has 2 N–H and O–H groups in total. The van der Waals surface area contributed by atoms with Crippen molar-refractivity contribution < 1.29 is 14.3 Å². The van der Waals surface area contributed by atoms with E-state index in [4.69, 9.17) is 33.5 Å². The lowest BCUT2D eigenvalue weighted by Crippen LogP contribution is -2.55. The van der Waals surface area contributed by atoms with E-state index in [1.165, 1.54) is 4.90 Å². The molecule has 1 aliphatic heterocycles. The quantitative estimate of drug-likeness (QED) is 0.438. The number of likely N-dealkylation sites (tertiary alicyclic amines) is 1. The molecular weight excluding hydrogens is 395 g/mol. The molecule has 1 saturated heterocycles. The molecule has 0 aliphatic carbocycles. The average Bonchev–Trinajstić information content (AvgIpc) is 2.82. The van der Waals surface area contributed by atoms with Gasteiger partial charge in [0.15, 0.2) is 0 Å². The molecule has 27 heavy (non-hydrogen) atoms. The monoisotopic (exact) mass is 416 g/mol. The van der Waals surface area contributed by atoms with Gasteiger partial charge in [-0.1, -0.05) is 28.3 Å². The second-order valence-corrected chi connectivity index (χ2v) is 8.08. The normalized spacial score (nSPS) is 20.0. The number of ether oxygens (including phenoxy) is 1. The van der Waals surface area contributed by atoms with Gasteiger partial charge in [0.05, 0.1) is 16.1 Å². The Morgan fingerprint density at radius 3 is 2.56 bits per heavy atom. The van der Waals surface area contributed by atoms with Crippen molar-refractivity contribution in [2.24, 2.45) is 5.11 Å². The summed E-state index contributed by atoms with van der Waals surface area (Å²) in [6.45, 7) is 7.52. The highest BCUT2D eigenvalue weighted by molar-refractivity contribution is 6.44. The molecule has 1 aliphatic rings. The van der Waals surface area contributed by atoms with Crippen molar-refractivity contribution >= 4 is 35.2 Å². The number of rotatable bonds is 3. The van der Waals surface area contributed by atoms with Gasteiger partial charge in [0.1, 0.15) is 11.3 Å². The summed E-state index contributed by atoms with van der Waals surface area (Å²) >= 11 is 12.1. The van der Waals surface area contributed by atoms with Gasteiger partial charge in [-0.25, -0.2) is 4.79 Å². The number of piperidine rings is 1. The largest absolute Gasteiger partial charge is 0.444 e. The SMILES string of the molecule is Cc1[nH]c(C(=O)NC2CCN(C(=O)OC(C)(C)C)CC2N=[N+]=[N-])c(Cl)c1Cl. The Morgan fingerprint density at radius 2 is 2.04 bits per heavy atom. The first-order valence-electron chi connectivity index (χ1n) is 8.40. The zero-order chi connectivity index (χ0) is 20.4. The number of aromatic nitrogens is 1. The smallest absolute Gasteiger partial charge is 0.410 e. The summed E-state index contributed by atoms with van der Waals surface area (Å²) in [5.41, 5.74) is 8.95. The fraction of sp³-hybridized carbons (Fsp3) is 0.625. The summed E-state index contributed by atoms with van der Waals surface area (Å²) in [4.78, 5) is 31.9. The highest BCUT2D eigenvalue weighted by atomic mass is 35.5. The van der Waals surface area contributed by atoms with Crippen molar-refractivity contribution in [2.45, 2.75) is 51.8 Å². The molecule has 1 aromatic heterocycles. The molecule has 1 aromatic rings. The standard InChI is InChI=1S/C16H22Cl2N6O3/c1-8-11(17)12(18)13(20-8)14(25)21-9-5-6-24(7-10(9)22-23-19)15(26)27-16(2,3)4/h9-10,20H,5-7H2,1-4H3,(H,21,25). The molecule has 1 fully saturated rings. The Kier molecular flexibility index (Phi) is 6.51. The van der Waals surface area contributed by atoms with Gasteiger partial charge < -0.3 is 19.9 Å². The van der Waals surface area contributed by atoms with Crippen LogP contribution in [0.15, 0.2) is 5.11 Å². The van der Waals surface area contributed by atoms with Crippen molar-refractivity contribution in [3.63, 3.8) is 0 Å². The van der Waals surface area contributed by atoms with Crippen LogP contribution in [0.2, 0.25) is 10.0 Å². The maximum atomic E-state index is 12.5. The molecular formula is C16H22Cl2N6O3. The van der Waals surface area contributed by atoms with Gasteiger partial charge in [0.25, 0.3) is 5.91 Å². The zero-order valence-corrected chi connectivity index (χ0v) is 17.1. The number of azide groups is 1. The van der Waals surface area contributed by atoms with E-state index in [9.17, 15) is 9.59 Å². The molecule has 0 aromatic carbocycles. The molecule has 0 spiro atoms. The van der Waals surface area contributed by atoms with Gasteiger partial charge in [-0.05, 0) is 39.6 Å². The molecule has 2 rings (SSSR count). The van der Waals surface area contributed by atoms with Crippen LogP contribution in [0.25, 0.3) is 10.4 Å². The summed E-state index contributed by atoms with van der Waals surface area (Å²) < 4.78 is 5.35. The number of H-pyrrole nitrogens is 1. The van der Waals surface area contributed by atoms with E-state index in [0.717, 1.165) is 0 Å². The Hall–Kier alpha value is -2.09. The number of nitrogens with one attached hydrogen (secondary N) is 2. The number of hydrogen-bond acceptors (Lipinski definition) is 4. The molecule has 0 bridgehead atoms. The molecule has 2 atom stereocenters. The highest BCUT2D eigenvalue weighted by Gasteiger charge is 2.34. The molecule has 9 nitrogen and oxygen atoms in total. The second-order valence-electron chi connectivity index (χ2n) is 7.32. The Morgan fingerprint density at radius 1 is 1.37 bits per heavy atom. The predicted octanol–water partition coefficient (Wildman–Crippen LogP) is 4.05. The van der Waals surface area contributed by atoms with Gasteiger partial charge in [0.2, 0.25) is 0 Å². The number of aromatic amines is 1. The number of hydrogen-bond donors (Lipinski definition) is 2. The van der Waals surface area contributed by atoms with E-state index in [2.05, 4.69) is 20.3 Å². The van der Waals surface area contributed by atoms with E-state index in [1.54, 1.807) is 27.7 Å². The van der Waals surface area contributed by atoms with Crippen molar-refractivity contribution in [3.8, 4) is 0 Å². The minimum Gasteiger partial charge on any atom is -0.444 e. The molecule has 2 heterocycles. The maximum absolute atomic E-state index is 12.5. The fourth-order valence-corrected chi connectivity index (χ4v) is 3.16. The maximum Gasteiger partial charge on any atom is 0.410 e. The number of nitrogens with zero attached hydrogens (tertiary/aromatic N) is 4. The fourth-order valence-electron chi connectivity index (χ4n) is 2.74. The lowest BCUT2D eigenvalue weighted by Gasteiger charge is -2.37. The van der Waals surface area contributed by atoms with Crippen LogP contribution in [-0.4, -0.2) is 52.7 Å². The summed E-state index contributed by atoms with van der Waals surface area (Å²) in [5.74, 6) is -0.455. The number of amides is 2. The topological polar surface area (TPSA) is 123 Å². The van der Waals surface area contributed by atoms with Crippen LogP contribution in [0.3, 0.4) is 0 Å². The van der Waals surface area contributed by atoms with Gasteiger partial charge in [-0.2, -0.15) is 0 Å². The number of carbonyl (C=O) groups is 2. The van der Waals surface area contributed by atoms with Crippen LogP contribution in [-0.2, 0) is 4.74 Å². The molecule has 0 radical (unpaired) electrons. The third-order valence-electron chi connectivity index (χ3n) is 4.03. The van der Waals surface area contributed by atoms with Gasteiger partial charge in [0, 0.05) is 29.7 Å². The molecule has 2 unspecified atom stereocenters. The molecule has 0 saturated carbocycles. The summed E-state index contributed by atoms with van der Waals surface area (Å²) in [6.07, 6.45) is -0.0834. The third-order valence-corrected chi connectivity index (χ3v) is 4.98. The first kappa shape index (κ1) is 21.2. The Balaban J connectivity index is 2.09. The molecule has 148 valence electrons. The Bertz CT molecular complexity index is 782. The van der Waals surface area contributed by atoms with Crippen LogP contribution in [0, 0.1) is 6.92 Å². The third kappa shape index (κ3) is 5.22. The van der Waals surface area contributed by atoms with Crippen molar-refractivity contribution in [1.82, 2.24) is 15.2 Å². The number of aryl methyl sites for hydroxylation is 1. The number of halogens is 2. The second kappa shape index (κ2) is 8.29. The summed E-state index contributed by atoms with van der Waals surface area (Å²) in [6, 6.07) is -1.09. The predicted molar refractivity (Wildman–Crippen MR) is 102 cm³/mol. The van der Waals surface area contributed by atoms with Crippen LogP contribution < -0.4 is 5.32 Å². The lowest BCUT2D eigenvalue weighted by atomic mass is 10.00. The van der Waals surface area contributed by atoms with Crippen molar-refractivity contribution in [2.75, 3.05) is 13.1 Å². The van der Waals surface area contributed by atoms with E-state index in [-0.39, 0.29) is 22.3 Å². The van der Waals surface area contributed by atoms with Crippen molar-refractivity contribution in [1.29, 1.82) is 0 Å². The highest BCUT2D eigenvalue weighted by Crippen LogP contribution is 2.29.